The summed E-state index contributed by atoms with van der Waals surface area (Å²) < 4.78 is 84.1. The van der Waals surface area contributed by atoms with Crippen LogP contribution in [0.1, 0.15) is 18.6 Å². The lowest BCUT2D eigenvalue weighted by molar-refractivity contribution is -0.138. The van der Waals surface area contributed by atoms with E-state index in [0.29, 0.717) is 5.46 Å². The number of hydrogen-bond donors (Lipinski definition) is 2. The Labute approximate surface area is 529 Å². The first kappa shape index (κ1) is 59.7. The standard InChI is InChI=1S/C39H24F3N.C21H12BrF3.C18H14BNO2.CH4/c40-39(41,42)27-21-17-25(18-22-27)37-31-11-1-3-13-33(31)38(34-14-4-2-12-32(34)37)26-19-23-28(24-20-26)43-35-15-7-5-9-29(35)30-10-6-8-16-36(30)43;22-20-17-7-3-1-5-15(17)19(16-6-2-4-8-18(16)20)13-9-11-14(12-10-13)21(23,24)25;21-19(22)13-9-11-14(12-10-13)20-17-7-3-1-5-15(17)16-6-2-4-8-18(16)20;/h1-24H;1-12H;1-12,21-22H;1H4. The van der Waals surface area contributed by atoms with Crippen LogP contribution in [-0.4, -0.2) is 26.3 Å². The zero-order valence-corrected chi connectivity index (χ0v) is 49.3. The van der Waals surface area contributed by atoms with Crippen molar-refractivity contribution in [3.8, 4) is 44.8 Å². The van der Waals surface area contributed by atoms with Gasteiger partial charge in [-0.05, 0) is 171 Å². The molecule has 0 spiro atoms. The molecule has 16 rings (SSSR count). The van der Waals surface area contributed by atoms with Crippen LogP contribution in [0.3, 0.4) is 0 Å². The van der Waals surface area contributed by atoms with E-state index < -0.39 is 30.6 Å². The minimum absolute atomic E-state index is 0. The van der Waals surface area contributed by atoms with Gasteiger partial charge < -0.3 is 19.2 Å². The van der Waals surface area contributed by atoms with E-state index in [4.69, 9.17) is 0 Å². The van der Waals surface area contributed by atoms with E-state index in [9.17, 15) is 36.4 Å². The summed E-state index contributed by atoms with van der Waals surface area (Å²) in [5, 5.41) is 31.5. The predicted molar refractivity (Wildman–Crippen MR) is 369 cm³/mol. The molecule has 16 aromatic rings. The largest absolute Gasteiger partial charge is 0.488 e. The van der Waals surface area contributed by atoms with Gasteiger partial charge in [-0.3, -0.25) is 0 Å². The summed E-state index contributed by atoms with van der Waals surface area (Å²) in [6, 6.07) is 92.6. The third-order valence-electron chi connectivity index (χ3n) is 16.8. The van der Waals surface area contributed by atoms with Crippen molar-refractivity contribution in [3.63, 3.8) is 0 Å². The molecule has 2 aromatic heterocycles. The molecule has 14 aromatic carbocycles. The molecule has 0 aliphatic heterocycles. The highest BCUT2D eigenvalue weighted by Crippen LogP contribution is 2.46. The number of rotatable bonds is 6. The van der Waals surface area contributed by atoms with Crippen LogP contribution in [0.15, 0.2) is 296 Å². The predicted octanol–water partition coefficient (Wildman–Crippen LogP) is 22.0. The van der Waals surface area contributed by atoms with Gasteiger partial charge in [0.15, 0.2) is 0 Å². The topological polar surface area (TPSA) is 50.3 Å². The van der Waals surface area contributed by atoms with Gasteiger partial charge in [0.05, 0.1) is 33.2 Å². The lowest BCUT2D eigenvalue weighted by Gasteiger charge is -2.18. The van der Waals surface area contributed by atoms with Gasteiger partial charge in [0.2, 0.25) is 0 Å². The molecular weight excluding hydrogens is 1210 g/mol. The number of alkyl halides is 6. The summed E-state index contributed by atoms with van der Waals surface area (Å²) >= 11 is 3.68. The van der Waals surface area contributed by atoms with Crippen LogP contribution in [-0.2, 0) is 12.4 Å². The molecule has 0 aliphatic rings. The Balaban J connectivity index is 0.000000135. The molecule has 0 amide bonds. The monoisotopic (exact) mass is 1270 g/mol. The van der Waals surface area contributed by atoms with Crippen LogP contribution in [0.25, 0.3) is 131 Å². The molecule has 2 heterocycles. The normalized spacial score (nSPS) is 11.7. The molecule has 2 N–H and O–H groups in total. The second-order valence-corrected chi connectivity index (χ2v) is 22.8. The summed E-state index contributed by atoms with van der Waals surface area (Å²) in [6.45, 7) is 0. The molecule has 0 saturated carbocycles. The number of halogens is 7. The average molecular weight is 1270 g/mol. The molecule has 0 aliphatic carbocycles. The lowest BCUT2D eigenvalue weighted by atomic mass is 9.80. The summed E-state index contributed by atoms with van der Waals surface area (Å²) in [5.41, 5.74) is 11.5. The zero-order valence-electron chi connectivity index (χ0n) is 47.7. The van der Waals surface area contributed by atoms with E-state index in [1.54, 1.807) is 36.4 Å². The Bertz CT molecular complexity index is 5150. The van der Waals surface area contributed by atoms with E-state index in [0.717, 1.165) is 127 Å². The molecular formula is C79H54BBrF6N2O2. The summed E-state index contributed by atoms with van der Waals surface area (Å²) in [4.78, 5) is 0. The van der Waals surface area contributed by atoms with Crippen molar-refractivity contribution in [2.75, 3.05) is 0 Å². The van der Waals surface area contributed by atoms with Gasteiger partial charge in [-0.1, -0.05) is 226 Å². The Kier molecular flexibility index (Phi) is 15.9. The molecule has 0 fully saturated rings. The van der Waals surface area contributed by atoms with Crippen LogP contribution in [0.5, 0.6) is 0 Å². The molecule has 0 radical (unpaired) electrons. The van der Waals surface area contributed by atoms with Gasteiger partial charge in [-0.25, -0.2) is 0 Å². The van der Waals surface area contributed by atoms with E-state index in [-0.39, 0.29) is 7.43 Å². The van der Waals surface area contributed by atoms with Crippen molar-refractivity contribution in [1.29, 1.82) is 0 Å². The number of fused-ring (bicyclic) bond motifs is 10. The van der Waals surface area contributed by atoms with E-state index in [1.807, 2.05) is 109 Å². The fraction of sp³-hybridized carbons (Fsp3) is 0.0380. The maximum absolute atomic E-state index is 13.3. The summed E-state index contributed by atoms with van der Waals surface area (Å²) in [5.74, 6) is 0. The number of para-hydroxylation sites is 4. The van der Waals surface area contributed by atoms with Gasteiger partial charge >= 0.3 is 19.5 Å². The summed E-state index contributed by atoms with van der Waals surface area (Å²) in [7, 11) is -1.44. The van der Waals surface area contributed by atoms with Crippen LogP contribution in [0.4, 0.5) is 26.3 Å². The van der Waals surface area contributed by atoms with Gasteiger partial charge in [-0.15, -0.1) is 0 Å². The van der Waals surface area contributed by atoms with E-state index in [2.05, 4.69) is 146 Å². The number of hydrogen-bond acceptors (Lipinski definition) is 2. The Hall–Kier alpha value is -10.2. The van der Waals surface area contributed by atoms with Gasteiger partial charge in [-0.2, -0.15) is 26.3 Å². The fourth-order valence-corrected chi connectivity index (χ4v) is 13.5. The quantitative estimate of drug-likeness (QED) is 0.0990. The highest BCUT2D eigenvalue weighted by Gasteiger charge is 2.31. The van der Waals surface area contributed by atoms with Crippen LogP contribution < -0.4 is 5.46 Å². The summed E-state index contributed by atoms with van der Waals surface area (Å²) in [6.07, 6.45) is -8.71. The van der Waals surface area contributed by atoms with Crippen molar-refractivity contribution < 1.29 is 36.4 Å². The average Bonchev–Trinajstić information content (AvgIpc) is 0.901. The molecule has 0 unspecified atom stereocenters. The SMILES string of the molecule is C.FC(F)(F)c1ccc(-c2c3ccccc3c(-c3ccc(-n4c5ccccc5c5ccccc54)cc3)c3ccccc23)cc1.FC(F)(F)c1ccc(-c2c3ccccc3c(Br)c3ccccc23)cc1.OB(O)c1ccc(-n2c3ccccc3c3ccccc32)cc1. The maximum atomic E-state index is 13.3. The van der Waals surface area contributed by atoms with Crippen molar-refractivity contribution >= 4 is 115 Å². The minimum atomic E-state index is -4.38. The van der Waals surface area contributed by atoms with Gasteiger partial charge in [0.25, 0.3) is 0 Å². The Morgan fingerprint density at radius 1 is 0.275 bits per heavy atom. The third-order valence-corrected chi connectivity index (χ3v) is 17.7. The van der Waals surface area contributed by atoms with Crippen molar-refractivity contribution in [3.05, 3.63) is 307 Å². The van der Waals surface area contributed by atoms with Crippen LogP contribution in [0.2, 0.25) is 0 Å². The number of nitrogens with zero attached hydrogens (tertiary/aromatic N) is 2. The van der Waals surface area contributed by atoms with E-state index >= 15 is 0 Å². The number of benzene rings is 14. The fourth-order valence-electron chi connectivity index (χ4n) is 12.8. The van der Waals surface area contributed by atoms with Gasteiger partial charge in [0.1, 0.15) is 0 Å². The smallest absolute Gasteiger partial charge is 0.423 e. The van der Waals surface area contributed by atoms with Gasteiger partial charge in [0, 0.05) is 37.4 Å². The van der Waals surface area contributed by atoms with Crippen molar-refractivity contribution in [2.24, 2.45) is 0 Å². The van der Waals surface area contributed by atoms with Crippen molar-refractivity contribution in [2.45, 2.75) is 19.8 Å². The molecule has 4 nitrogen and oxygen atoms in total. The highest BCUT2D eigenvalue weighted by atomic mass is 79.9. The second-order valence-electron chi connectivity index (χ2n) is 22.0. The molecule has 12 heteroatoms. The van der Waals surface area contributed by atoms with Crippen molar-refractivity contribution in [1.82, 2.24) is 9.13 Å². The Morgan fingerprint density at radius 2 is 0.495 bits per heavy atom. The first-order chi connectivity index (χ1) is 43.7. The highest BCUT2D eigenvalue weighted by molar-refractivity contribution is 9.10. The van der Waals surface area contributed by atoms with E-state index in [1.165, 1.54) is 33.7 Å². The molecule has 91 heavy (non-hydrogen) atoms. The minimum Gasteiger partial charge on any atom is -0.423 e. The Morgan fingerprint density at radius 3 is 0.758 bits per heavy atom. The lowest BCUT2D eigenvalue weighted by Crippen LogP contribution is -2.29. The third kappa shape index (κ3) is 11.0. The molecule has 444 valence electrons. The maximum Gasteiger partial charge on any atom is 0.488 e. The number of aromatic nitrogens is 2. The first-order valence-electron chi connectivity index (χ1n) is 29.1. The van der Waals surface area contributed by atoms with Crippen LogP contribution in [0, 0.1) is 0 Å². The van der Waals surface area contributed by atoms with Crippen LogP contribution >= 0.6 is 15.9 Å². The molecule has 0 atom stereocenters. The first-order valence-corrected chi connectivity index (χ1v) is 29.9. The molecule has 0 saturated heterocycles. The second kappa shape index (κ2) is 24.3. The zero-order chi connectivity index (χ0) is 61.8. The molecule has 0 bridgehead atoms.